The minimum absolute atomic E-state index is 0. The van der Waals surface area contributed by atoms with E-state index in [1.54, 1.807) is 6.20 Å². The van der Waals surface area contributed by atoms with Gasteiger partial charge in [-0.25, -0.2) is 4.98 Å². The van der Waals surface area contributed by atoms with Crippen molar-refractivity contribution in [3.05, 3.63) is 109 Å². The fraction of sp³-hybridized carbons (Fsp3) is 0.222. The summed E-state index contributed by atoms with van der Waals surface area (Å²) in [6, 6.07) is 29.1. The van der Waals surface area contributed by atoms with Gasteiger partial charge in [0.15, 0.2) is 5.88 Å². The van der Waals surface area contributed by atoms with E-state index in [0.29, 0.717) is 11.6 Å². The third-order valence-electron chi connectivity index (χ3n) is 7.22. The zero-order chi connectivity index (χ0) is 28.8. The quantitative estimate of drug-likeness (QED) is 0.170. The van der Waals surface area contributed by atoms with E-state index in [4.69, 9.17) is 19.7 Å². The van der Waals surface area contributed by atoms with Crippen LogP contribution in [0.15, 0.2) is 85.3 Å². The summed E-state index contributed by atoms with van der Waals surface area (Å²) in [4.78, 5) is 18.8. The molecule has 0 atom stereocenters. The second-order valence-corrected chi connectivity index (χ2v) is 12.3. The predicted octanol–water partition coefficient (Wildman–Crippen LogP) is 8.89. The molecule has 0 spiro atoms. The van der Waals surface area contributed by atoms with Crippen molar-refractivity contribution >= 4 is 21.8 Å². The topological polar surface area (TPSA) is 60.8 Å². The zero-order valence-corrected chi connectivity index (χ0v) is 26.9. The van der Waals surface area contributed by atoms with Crippen LogP contribution in [0, 0.1) is 12.1 Å². The van der Waals surface area contributed by atoms with Crippen LogP contribution < -0.4 is 4.74 Å². The fourth-order valence-electron chi connectivity index (χ4n) is 4.87. The first-order valence-electron chi connectivity index (χ1n) is 13.8. The first-order valence-corrected chi connectivity index (χ1v) is 13.8. The van der Waals surface area contributed by atoms with E-state index in [1.807, 2.05) is 54.9 Å². The summed E-state index contributed by atoms with van der Waals surface area (Å²) in [6.45, 7) is 13.2. The average Bonchev–Trinajstić information content (AvgIpc) is 2.95. The first kappa shape index (κ1) is 29.5. The Balaban J connectivity index is 0.00000353. The number of benzene rings is 2. The summed E-state index contributed by atoms with van der Waals surface area (Å²) in [6.07, 6.45) is 5.48. The Morgan fingerprint density at radius 1 is 0.595 bits per heavy atom. The summed E-state index contributed by atoms with van der Waals surface area (Å²) in [5.41, 5.74) is 7.28. The number of hydrogen-bond donors (Lipinski definition) is 0. The monoisotopic (exact) mass is 731 g/mol. The molecule has 0 saturated carbocycles. The van der Waals surface area contributed by atoms with Crippen molar-refractivity contribution < 1.29 is 25.8 Å². The molecule has 0 unspecified atom stereocenters. The number of rotatable bonds is 4. The molecule has 6 rings (SSSR count). The third-order valence-corrected chi connectivity index (χ3v) is 7.22. The third kappa shape index (κ3) is 5.98. The molecule has 0 N–H and O–H groups in total. The van der Waals surface area contributed by atoms with E-state index < -0.39 is 0 Å². The van der Waals surface area contributed by atoms with Crippen LogP contribution in [0.25, 0.3) is 44.3 Å². The number of aromatic nitrogens is 4. The number of ether oxygens (including phenoxy) is 1. The van der Waals surface area contributed by atoms with Gasteiger partial charge in [0.25, 0.3) is 0 Å². The molecule has 212 valence electrons. The van der Waals surface area contributed by atoms with Gasteiger partial charge in [0.1, 0.15) is 0 Å². The van der Waals surface area contributed by atoms with Crippen molar-refractivity contribution in [2.75, 3.05) is 0 Å². The fourth-order valence-corrected chi connectivity index (χ4v) is 4.87. The number of hydrogen-bond acceptors (Lipinski definition) is 5. The normalized spacial score (nSPS) is 11.9. The molecule has 0 amide bonds. The van der Waals surface area contributed by atoms with Crippen LogP contribution in [-0.4, -0.2) is 19.9 Å². The molecule has 6 heteroatoms. The summed E-state index contributed by atoms with van der Waals surface area (Å²) >= 11 is 0. The molecule has 4 aromatic heterocycles. The van der Waals surface area contributed by atoms with Crippen LogP contribution in [0.3, 0.4) is 0 Å². The molecular formula is C36H32N4OPt. The maximum Gasteiger partial charge on any atom is 2.00 e. The molecule has 6 aromatic rings. The molecule has 2 aromatic carbocycles. The van der Waals surface area contributed by atoms with Crippen LogP contribution in [0.5, 0.6) is 11.6 Å². The molecule has 0 aliphatic heterocycles. The Labute approximate surface area is 261 Å². The number of para-hydroxylation sites is 1. The van der Waals surface area contributed by atoms with Gasteiger partial charge in [-0.15, -0.1) is 17.7 Å². The zero-order valence-electron chi connectivity index (χ0n) is 24.6. The minimum Gasteiger partial charge on any atom is -0.471 e. The Bertz CT molecular complexity index is 1770. The Morgan fingerprint density at radius 3 is 1.81 bits per heavy atom. The summed E-state index contributed by atoms with van der Waals surface area (Å²) in [7, 11) is 0. The Morgan fingerprint density at radius 2 is 1.17 bits per heavy atom. The van der Waals surface area contributed by atoms with E-state index in [-0.39, 0.29) is 31.9 Å². The molecule has 0 aliphatic rings. The second kappa shape index (κ2) is 11.4. The molecule has 5 nitrogen and oxygen atoms in total. The molecule has 4 heterocycles. The maximum atomic E-state index is 6.40. The van der Waals surface area contributed by atoms with Crippen molar-refractivity contribution in [2.45, 2.75) is 52.4 Å². The van der Waals surface area contributed by atoms with Gasteiger partial charge in [0.05, 0.1) is 0 Å². The van der Waals surface area contributed by atoms with Crippen molar-refractivity contribution in [2.24, 2.45) is 0 Å². The Kier molecular flexibility index (Phi) is 8.00. The minimum atomic E-state index is -0.0153. The SMILES string of the molecule is CC(C)(C)c1ccnc(-c2[c-]c(Oc3[c-]c(-c4cc(C(C)(C)C)ccn4)c4ccccc4n3)cc3ncccc23)c1.[Pt+2]. The van der Waals surface area contributed by atoms with Crippen LogP contribution in [0.1, 0.15) is 52.7 Å². The predicted molar refractivity (Wildman–Crippen MR) is 165 cm³/mol. The van der Waals surface area contributed by atoms with Crippen LogP contribution in [0.4, 0.5) is 0 Å². The standard InChI is InChI=1S/C36H32N4O.Pt/c1-35(2,3)23-13-16-38-31(18-23)28-20-25(21-33-27(28)11-9-15-37-33)41-34-22-29(26-10-7-8-12-30(26)40-34)32-19-24(14-17-39-32)36(4,5)6;/h7-19,21H,1-6H3;/q-2;+2. The molecular weight excluding hydrogens is 700 g/mol. The van der Waals surface area contributed by atoms with Crippen molar-refractivity contribution in [1.82, 2.24) is 19.9 Å². The summed E-state index contributed by atoms with van der Waals surface area (Å²) in [5, 5.41) is 1.92. The maximum absolute atomic E-state index is 6.40. The van der Waals surface area contributed by atoms with E-state index in [2.05, 4.69) is 82.9 Å². The van der Waals surface area contributed by atoms with Gasteiger partial charge in [-0.3, -0.25) is 4.98 Å². The molecule has 0 aliphatic carbocycles. The molecule has 0 bridgehead atoms. The number of pyridine rings is 4. The van der Waals surface area contributed by atoms with E-state index >= 15 is 0 Å². The second-order valence-electron chi connectivity index (χ2n) is 12.3. The molecule has 0 saturated heterocycles. The van der Waals surface area contributed by atoms with Gasteiger partial charge in [-0.1, -0.05) is 106 Å². The van der Waals surface area contributed by atoms with E-state index in [1.165, 1.54) is 11.1 Å². The Hall–Kier alpha value is -3.95. The molecule has 0 fully saturated rings. The van der Waals surface area contributed by atoms with Gasteiger partial charge >= 0.3 is 21.1 Å². The van der Waals surface area contributed by atoms with Crippen LogP contribution in [-0.2, 0) is 31.9 Å². The van der Waals surface area contributed by atoms with Crippen LogP contribution in [0.2, 0.25) is 0 Å². The number of fused-ring (bicyclic) bond motifs is 2. The largest absolute Gasteiger partial charge is 2.00 e. The van der Waals surface area contributed by atoms with Gasteiger partial charge in [-0.05, 0) is 51.5 Å². The van der Waals surface area contributed by atoms with Crippen molar-refractivity contribution in [3.63, 3.8) is 0 Å². The van der Waals surface area contributed by atoms with E-state index in [9.17, 15) is 0 Å². The van der Waals surface area contributed by atoms with Crippen LogP contribution >= 0.6 is 0 Å². The first-order chi connectivity index (χ1) is 19.6. The number of nitrogens with zero attached hydrogens (tertiary/aromatic N) is 4. The van der Waals surface area contributed by atoms with Gasteiger partial charge in [-0.2, -0.15) is 5.56 Å². The summed E-state index contributed by atoms with van der Waals surface area (Å²) in [5.74, 6) is 0.839. The van der Waals surface area contributed by atoms with Gasteiger partial charge in [0.2, 0.25) is 0 Å². The van der Waals surface area contributed by atoms with Gasteiger partial charge < -0.3 is 14.7 Å². The van der Waals surface area contributed by atoms with Crippen molar-refractivity contribution in [1.29, 1.82) is 0 Å². The smallest absolute Gasteiger partial charge is 0.471 e. The molecule has 42 heavy (non-hydrogen) atoms. The van der Waals surface area contributed by atoms with E-state index in [0.717, 1.165) is 44.3 Å². The van der Waals surface area contributed by atoms with Crippen molar-refractivity contribution in [3.8, 4) is 34.1 Å². The van der Waals surface area contributed by atoms with Gasteiger partial charge in [0, 0.05) is 29.9 Å². The average molecular weight is 732 g/mol. The summed E-state index contributed by atoms with van der Waals surface area (Å²) < 4.78 is 6.40. The molecule has 0 radical (unpaired) electrons.